The molecular weight excluding hydrogens is 425 g/mol. The van der Waals surface area contributed by atoms with Crippen molar-refractivity contribution in [3.05, 3.63) is 75.0 Å². The molecule has 1 aromatic heterocycles. The van der Waals surface area contributed by atoms with Crippen LogP contribution in [0.1, 0.15) is 27.3 Å². The van der Waals surface area contributed by atoms with E-state index in [0.29, 0.717) is 34.4 Å². The molecule has 0 bridgehead atoms. The van der Waals surface area contributed by atoms with Crippen molar-refractivity contribution < 1.29 is 9.59 Å². The maximum Gasteiger partial charge on any atom is 0.278 e. The smallest absolute Gasteiger partial charge is 0.278 e. The van der Waals surface area contributed by atoms with Gasteiger partial charge in [0.1, 0.15) is 6.54 Å². The van der Waals surface area contributed by atoms with Crippen molar-refractivity contribution in [3.8, 4) is 0 Å². The van der Waals surface area contributed by atoms with Gasteiger partial charge in [0, 0.05) is 22.3 Å². The van der Waals surface area contributed by atoms with Gasteiger partial charge in [-0.15, -0.1) is 5.10 Å². The molecule has 0 aliphatic carbocycles. The van der Waals surface area contributed by atoms with Crippen LogP contribution in [0.15, 0.2) is 42.5 Å². The zero-order chi connectivity index (χ0) is 21.7. The number of halogens is 2. The molecule has 2 amide bonds. The molecule has 0 spiro atoms. The largest absolute Gasteiger partial charge is 0.354 e. The van der Waals surface area contributed by atoms with Crippen LogP contribution in [-0.4, -0.2) is 33.4 Å². The first-order valence-corrected chi connectivity index (χ1v) is 10.1. The summed E-state index contributed by atoms with van der Waals surface area (Å²) in [4.78, 5) is 24.8. The van der Waals surface area contributed by atoms with Crippen LogP contribution in [0.3, 0.4) is 0 Å². The summed E-state index contributed by atoms with van der Waals surface area (Å²) in [5.74, 6) is -0.623. The van der Waals surface area contributed by atoms with Crippen LogP contribution in [0, 0.1) is 13.8 Å². The van der Waals surface area contributed by atoms with Crippen molar-refractivity contribution in [1.29, 1.82) is 0 Å². The first-order valence-electron chi connectivity index (χ1n) is 9.33. The van der Waals surface area contributed by atoms with Gasteiger partial charge >= 0.3 is 0 Å². The summed E-state index contributed by atoms with van der Waals surface area (Å²) in [6, 6.07) is 12.7. The first kappa shape index (κ1) is 21.8. The predicted molar refractivity (Wildman–Crippen MR) is 117 cm³/mol. The zero-order valence-electron chi connectivity index (χ0n) is 16.6. The standard InChI is InChI=1S/C21H21Cl2N5O2/c1-13-17(23)4-3-5-18(13)25-21(30)20-14(2)28(27-26-20)12-19(29)24-11-10-15-6-8-16(22)9-7-15/h3-9H,10-12H2,1-2H3,(H,24,29)(H,25,30). The summed E-state index contributed by atoms with van der Waals surface area (Å²) in [5.41, 5.74) is 3.09. The fourth-order valence-corrected chi connectivity index (χ4v) is 3.13. The Morgan fingerprint density at radius 1 is 1.07 bits per heavy atom. The van der Waals surface area contributed by atoms with Crippen LogP contribution >= 0.6 is 23.2 Å². The van der Waals surface area contributed by atoms with E-state index in [4.69, 9.17) is 23.2 Å². The fourth-order valence-electron chi connectivity index (χ4n) is 2.83. The lowest BCUT2D eigenvalue weighted by Crippen LogP contribution is -2.30. The molecule has 9 heteroatoms. The summed E-state index contributed by atoms with van der Waals surface area (Å²) >= 11 is 12.0. The number of hydrogen-bond acceptors (Lipinski definition) is 4. The van der Waals surface area contributed by atoms with Gasteiger partial charge in [-0.2, -0.15) is 0 Å². The normalized spacial score (nSPS) is 10.7. The second kappa shape index (κ2) is 9.73. The lowest BCUT2D eigenvalue weighted by Gasteiger charge is -2.09. The summed E-state index contributed by atoms with van der Waals surface area (Å²) in [6.07, 6.45) is 0.686. The molecule has 7 nitrogen and oxygen atoms in total. The minimum Gasteiger partial charge on any atom is -0.354 e. The minimum atomic E-state index is -0.410. The highest BCUT2D eigenvalue weighted by molar-refractivity contribution is 6.31. The number of rotatable bonds is 7. The van der Waals surface area contributed by atoms with Crippen LogP contribution < -0.4 is 10.6 Å². The first-order chi connectivity index (χ1) is 14.3. The third-order valence-electron chi connectivity index (χ3n) is 4.66. The number of nitrogens with zero attached hydrogens (tertiary/aromatic N) is 3. The molecule has 3 rings (SSSR count). The fraction of sp³-hybridized carbons (Fsp3) is 0.238. The molecule has 0 saturated heterocycles. The van der Waals surface area contributed by atoms with Gasteiger partial charge in [-0.25, -0.2) is 4.68 Å². The number of amides is 2. The Morgan fingerprint density at radius 3 is 2.53 bits per heavy atom. The Morgan fingerprint density at radius 2 is 1.80 bits per heavy atom. The van der Waals surface area contributed by atoms with E-state index >= 15 is 0 Å². The quantitative estimate of drug-likeness (QED) is 0.578. The van der Waals surface area contributed by atoms with Gasteiger partial charge in [-0.3, -0.25) is 9.59 Å². The molecule has 0 aliphatic rings. The number of carbonyl (C=O) groups excluding carboxylic acids is 2. The van der Waals surface area contributed by atoms with E-state index in [-0.39, 0.29) is 18.1 Å². The molecule has 156 valence electrons. The van der Waals surface area contributed by atoms with E-state index in [1.807, 2.05) is 31.2 Å². The Balaban J connectivity index is 1.56. The van der Waals surface area contributed by atoms with Crippen molar-refractivity contribution in [3.63, 3.8) is 0 Å². The third-order valence-corrected chi connectivity index (χ3v) is 5.32. The maximum absolute atomic E-state index is 12.6. The van der Waals surface area contributed by atoms with Gasteiger partial charge in [0.2, 0.25) is 5.91 Å². The van der Waals surface area contributed by atoms with E-state index in [9.17, 15) is 9.59 Å². The highest BCUT2D eigenvalue weighted by Crippen LogP contribution is 2.23. The van der Waals surface area contributed by atoms with E-state index in [2.05, 4.69) is 20.9 Å². The van der Waals surface area contributed by atoms with E-state index < -0.39 is 5.91 Å². The average molecular weight is 446 g/mol. The number of carbonyl (C=O) groups is 2. The van der Waals surface area contributed by atoms with Crippen LogP contribution in [0.25, 0.3) is 0 Å². The van der Waals surface area contributed by atoms with E-state index in [1.54, 1.807) is 25.1 Å². The number of anilines is 1. The van der Waals surface area contributed by atoms with E-state index in [1.165, 1.54) is 4.68 Å². The van der Waals surface area contributed by atoms with Gasteiger partial charge in [-0.1, -0.05) is 46.6 Å². The van der Waals surface area contributed by atoms with Crippen molar-refractivity contribution in [2.45, 2.75) is 26.8 Å². The Hall–Kier alpha value is -2.90. The molecule has 0 radical (unpaired) electrons. The van der Waals surface area contributed by atoms with Crippen LogP contribution in [0.2, 0.25) is 10.0 Å². The molecule has 0 saturated carbocycles. The molecule has 0 unspecified atom stereocenters. The van der Waals surface area contributed by atoms with Gasteiger partial charge in [-0.05, 0) is 55.7 Å². The predicted octanol–water partition coefficient (Wildman–Crippen LogP) is 3.81. The lowest BCUT2D eigenvalue weighted by atomic mass is 10.1. The highest BCUT2D eigenvalue weighted by atomic mass is 35.5. The van der Waals surface area contributed by atoms with Crippen molar-refractivity contribution in [2.75, 3.05) is 11.9 Å². The van der Waals surface area contributed by atoms with Crippen LogP contribution in [0.4, 0.5) is 5.69 Å². The number of aromatic nitrogens is 3. The second-order valence-corrected chi connectivity index (χ2v) is 7.62. The molecule has 3 aromatic rings. The number of benzene rings is 2. The molecule has 30 heavy (non-hydrogen) atoms. The minimum absolute atomic E-state index is 0.0249. The molecule has 0 fully saturated rings. The van der Waals surface area contributed by atoms with Gasteiger partial charge < -0.3 is 10.6 Å². The van der Waals surface area contributed by atoms with Gasteiger partial charge in [0.15, 0.2) is 5.69 Å². The molecule has 1 heterocycles. The van der Waals surface area contributed by atoms with Gasteiger partial charge in [0.25, 0.3) is 5.91 Å². The monoisotopic (exact) mass is 445 g/mol. The average Bonchev–Trinajstić information content (AvgIpc) is 3.07. The topological polar surface area (TPSA) is 88.9 Å². The highest BCUT2D eigenvalue weighted by Gasteiger charge is 2.19. The SMILES string of the molecule is Cc1c(Cl)cccc1NC(=O)c1nnn(CC(=O)NCCc2ccc(Cl)cc2)c1C. The summed E-state index contributed by atoms with van der Waals surface area (Å²) in [5, 5.41) is 14.7. The van der Waals surface area contributed by atoms with Crippen molar-refractivity contribution in [1.82, 2.24) is 20.3 Å². The zero-order valence-corrected chi connectivity index (χ0v) is 18.1. The van der Waals surface area contributed by atoms with Crippen molar-refractivity contribution >= 4 is 40.7 Å². The summed E-state index contributed by atoms with van der Waals surface area (Å²) in [7, 11) is 0. The summed E-state index contributed by atoms with van der Waals surface area (Å²) in [6.45, 7) is 3.97. The third kappa shape index (κ3) is 5.37. The Bertz CT molecular complexity index is 1060. The second-order valence-electron chi connectivity index (χ2n) is 6.77. The number of hydrogen-bond donors (Lipinski definition) is 2. The molecule has 2 aromatic carbocycles. The molecular formula is C21H21Cl2N5O2. The Labute approximate surface area is 184 Å². The Kier molecular flexibility index (Phi) is 7.07. The molecule has 0 aliphatic heterocycles. The van der Waals surface area contributed by atoms with Gasteiger partial charge in [0.05, 0.1) is 5.69 Å². The number of nitrogens with one attached hydrogen (secondary N) is 2. The maximum atomic E-state index is 12.6. The molecule has 2 N–H and O–H groups in total. The summed E-state index contributed by atoms with van der Waals surface area (Å²) < 4.78 is 1.40. The lowest BCUT2D eigenvalue weighted by molar-refractivity contribution is -0.121. The van der Waals surface area contributed by atoms with Crippen LogP contribution in [-0.2, 0) is 17.8 Å². The van der Waals surface area contributed by atoms with Crippen molar-refractivity contribution in [2.24, 2.45) is 0 Å². The van der Waals surface area contributed by atoms with Crippen LogP contribution in [0.5, 0.6) is 0 Å². The van der Waals surface area contributed by atoms with E-state index in [0.717, 1.165) is 11.1 Å². The molecule has 0 atom stereocenters.